The molecule has 0 radical (unpaired) electrons. The van der Waals surface area contributed by atoms with Gasteiger partial charge >= 0.3 is 0 Å². The number of pyridine rings is 1. The topological polar surface area (TPSA) is 47.0 Å². The molecular weight excluding hydrogens is 234 g/mol. The van der Waals surface area contributed by atoms with Gasteiger partial charge in [0.25, 0.3) is 0 Å². The van der Waals surface area contributed by atoms with Crippen molar-refractivity contribution in [2.75, 3.05) is 0 Å². The Morgan fingerprint density at radius 2 is 1.65 bits per heavy atom. The van der Waals surface area contributed by atoms with E-state index < -0.39 is 9.84 Å². The molecule has 0 saturated carbocycles. The highest BCUT2D eigenvalue weighted by atomic mass is 32.2. The first-order valence-corrected chi connectivity index (χ1v) is 6.62. The first-order valence-electron chi connectivity index (χ1n) is 5.08. The summed E-state index contributed by atoms with van der Waals surface area (Å²) >= 11 is 0. The summed E-state index contributed by atoms with van der Waals surface area (Å²) in [5, 5.41) is 1.23. The Kier molecular flexibility index (Phi) is 3.35. The second kappa shape index (κ2) is 4.93. The second-order valence-corrected chi connectivity index (χ2v) is 5.21. The first kappa shape index (κ1) is 11.5. The fourth-order valence-electron chi connectivity index (χ4n) is 1.32. The maximum Gasteiger partial charge on any atom is 0.217 e. The first-order chi connectivity index (χ1) is 8.18. The van der Waals surface area contributed by atoms with Gasteiger partial charge in [0.1, 0.15) is 0 Å². The molecule has 0 aliphatic carbocycles. The third kappa shape index (κ3) is 3.01. The molecule has 86 valence electrons. The van der Waals surface area contributed by atoms with Gasteiger partial charge in [0.2, 0.25) is 9.84 Å². The van der Waals surface area contributed by atoms with E-state index in [2.05, 4.69) is 4.98 Å². The molecule has 1 heterocycles. The molecule has 2 rings (SSSR count). The normalized spacial score (nSPS) is 11.8. The van der Waals surface area contributed by atoms with Crippen LogP contribution < -0.4 is 0 Å². The lowest BCUT2D eigenvalue weighted by Crippen LogP contribution is -1.98. The van der Waals surface area contributed by atoms with Crippen LogP contribution in [0.5, 0.6) is 0 Å². The monoisotopic (exact) mass is 245 g/mol. The molecule has 17 heavy (non-hydrogen) atoms. The van der Waals surface area contributed by atoms with Crippen LogP contribution in [0.25, 0.3) is 6.08 Å². The summed E-state index contributed by atoms with van der Waals surface area (Å²) in [7, 11) is -3.45. The van der Waals surface area contributed by atoms with Gasteiger partial charge in [-0.05, 0) is 23.8 Å². The van der Waals surface area contributed by atoms with Crippen molar-refractivity contribution in [1.29, 1.82) is 0 Å². The maximum absolute atomic E-state index is 11.9. The van der Waals surface area contributed by atoms with Gasteiger partial charge in [0.15, 0.2) is 5.03 Å². The largest absolute Gasteiger partial charge is 0.244 e. The van der Waals surface area contributed by atoms with Crippen LogP contribution in [0.4, 0.5) is 0 Å². The Balaban J connectivity index is 2.28. The molecule has 0 fully saturated rings. The summed E-state index contributed by atoms with van der Waals surface area (Å²) < 4.78 is 23.7. The molecule has 0 atom stereocenters. The SMILES string of the molecule is O=S(=O)(/C=C/c1ccccc1)c1ccccn1. The molecule has 0 aliphatic heterocycles. The van der Waals surface area contributed by atoms with Gasteiger partial charge in [-0.25, -0.2) is 13.4 Å². The van der Waals surface area contributed by atoms with Gasteiger partial charge in [-0.2, -0.15) is 0 Å². The molecule has 2 aromatic rings. The van der Waals surface area contributed by atoms with Crippen LogP contribution >= 0.6 is 0 Å². The van der Waals surface area contributed by atoms with E-state index in [-0.39, 0.29) is 5.03 Å². The van der Waals surface area contributed by atoms with Gasteiger partial charge in [-0.3, -0.25) is 0 Å². The molecule has 0 saturated heterocycles. The van der Waals surface area contributed by atoms with E-state index in [0.717, 1.165) is 5.56 Å². The third-order valence-corrected chi connectivity index (χ3v) is 3.49. The van der Waals surface area contributed by atoms with Crippen molar-refractivity contribution >= 4 is 15.9 Å². The number of sulfone groups is 1. The minimum absolute atomic E-state index is 0.0622. The molecule has 4 heteroatoms. The molecule has 0 spiro atoms. The van der Waals surface area contributed by atoms with Crippen molar-refractivity contribution in [3.8, 4) is 0 Å². The molecule has 0 unspecified atom stereocenters. The van der Waals surface area contributed by atoms with Crippen LogP contribution in [0.1, 0.15) is 5.56 Å². The van der Waals surface area contributed by atoms with Crippen LogP contribution in [0, 0.1) is 0 Å². The molecule has 0 amide bonds. The summed E-state index contributed by atoms with van der Waals surface area (Å²) in [6, 6.07) is 14.1. The standard InChI is InChI=1S/C13H11NO2S/c15-17(16,13-8-4-5-10-14-13)11-9-12-6-2-1-3-7-12/h1-11H/b11-9+. The van der Waals surface area contributed by atoms with E-state index in [9.17, 15) is 8.42 Å². The quantitative estimate of drug-likeness (QED) is 0.834. The van der Waals surface area contributed by atoms with Crippen LogP contribution in [0.3, 0.4) is 0 Å². The van der Waals surface area contributed by atoms with Crippen LogP contribution in [0.15, 0.2) is 65.2 Å². The molecule has 0 bridgehead atoms. The number of nitrogens with zero attached hydrogens (tertiary/aromatic N) is 1. The molecule has 0 aliphatic rings. The van der Waals surface area contributed by atoms with E-state index in [4.69, 9.17) is 0 Å². The van der Waals surface area contributed by atoms with Gasteiger partial charge in [-0.1, -0.05) is 36.4 Å². The summed E-state index contributed by atoms with van der Waals surface area (Å²) in [5.74, 6) is 0. The van der Waals surface area contributed by atoms with Gasteiger partial charge in [-0.15, -0.1) is 0 Å². The van der Waals surface area contributed by atoms with E-state index in [1.807, 2.05) is 30.3 Å². The number of hydrogen-bond donors (Lipinski definition) is 0. The Morgan fingerprint density at radius 3 is 2.29 bits per heavy atom. The zero-order valence-electron chi connectivity index (χ0n) is 9.02. The number of hydrogen-bond acceptors (Lipinski definition) is 3. The van der Waals surface area contributed by atoms with Crippen LogP contribution in [-0.4, -0.2) is 13.4 Å². The lowest BCUT2D eigenvalue weighted by atomic mass is 10.2. The van der Waals surface area contributed by atoms with Crippen molar-refractivity contribution in [2.45, 2.75) is 5.03 Å². The summed E-state index contributed by atoms with van der Waals surface area (Å²) in [4.78, 5) is 3.82. The fourth-order valence-corrected chi connectivity index (χ4v) is 2.27. The van der Waals surface area contributed by atoms with Crippen molar-refractivity contribution in [3.05, 3.63) is 65.7 Å². The minimum atomic E-state index is -3.45. The predicted octanol–water partition coefficient (Wildman–Crippen LogP) is 2.53. The summed E-state index contributed by atoms with van der Waals surface area (Å²) in [6.07, 6.45) is 3.02. The maximum atomic E-state index is 11.9. The Morgan fingerprint density at radius 1 is 0.941 bits per heavy atom. The highest BCUT2D eigenvalue weighted by Crippen LogP contribution is 2.10. The molecule has 1 aromatic carbocycles. The number of benzene rings is 1. The molecule has 3 nitrogen and oxygen atoms in total. The summed E-state index contributed by atoms with van der Waals surface area (Å²) in [5.41, 5.74) is 0.840. The predicted molar refractivity (Wildman–Crippen MR) is 66.9 cm³/mol. The lowest BCUT2D eigenvalue weighted by Gasteiger charge is -1.96. The van der Waals surface area contributed by atoms with Crippen molar-refractivity contribution in [3.63, 3.8) is 0 Å². The third-order valence-electron chi connectivity index (χ3n) is 2.17. The molecule has 0 N–H and O–H groups in total. The second-order valence-electron chi connectivity index (χ2n) is 3.43. The number of aromatic nitrogens is 1. The van der Waals surface area contributed by atoms with Crippen molar-refractivity contribution in [1.82, 2.24) is 4.98 Å². The Hall–Kier alpha value is -1.94. The lowest BCUT2D eigenvalue weighted by molar-refractivity contribution is 0.601. The van der Waals surface area contributed by atoms with Gasteiger partial charge < -0.3 is 0 Å². The Bertz CT molecular complexity index is 604. The van der Waals surface area contributed by atoms with Crippen LogP contribution in [0.2, 0.25) is 0 Å². The fraction of sp³-hybridized carbons (Fsp3) is 0. The zero-order valence-corrected chi connectivity index (χ0v) is 9.84. The van der Waals surface area contributed by atoms with Gasteiger partial charge in [0.05, 0.1) is 0 Å². The zero-order chi connectivity index (χ0) is 12.1. The smallest absolute Gasteiger partial charge is 0.217 e. The molecule has 1 aromatic heterocycles. The minimum Gasteiger partial charge on any atom is -0.244 e. The van der Waals surface area contributed by atoms with Crippen molar-refractivity contribution < 1.29 is 8.42 Å². The average molecular weight is 245 g/mol. The summed E-state index contributed by atoms with van der Waals surface area (Å²) in [6.45, 7) is 0. The Labute approximate surface area is 100 Å². The highest BCUT2D eigenvalue weighted by Gasteiger charge is 2.10. The highest BCUT2D eigenvalue weighted by molar-refractivity contribution is 7.94. The van der Waals surface area contributed by atoms with E-state index >= 15 is 0 Å². The van der Waals surface area contributed by atoms with E-state index in [1.165, 1.54) is 17.7 Å². The van der Waals surface area contributed by atoms with Gasteiger partial charge in [0, 0.05) is 11.6 Å². The van der Waals surface area contributed by atoms with E-state index in [0.29, 0.717) is 0 Å². The number of rotatable bonds is 3. The molecular formula is C13H11NO2S. The van der Waals surface area contributed by atoms with E-state index in [1.54, 1.807) is 18.2 Å². The van der Waals surface area contributed by atoms with Crippen LogP contribution in [-0.2, 0) is 9.84 Å². The van der Waals surface area contributed by atoms with Crippen molar-refractivity contribution in [2.24, 2.45) is 0 Å². The average Bonchev–Trinajstić information content (AvgIpc) is 2.39.